The molecule has 0 spiro atoms. The Morgan fingerprint density at radius 3 is 2.20 bits per heavy atom. The van der Waals surface area contributed by atoms with Crippen LogP contribution in [0.5, 0.6) is 0 Å². The van der Waals surface area contributed by atoms with Gasteiger partial charge in [0.05, 0.1) is 4.90 Å². The summed E-state index contributed by atoms with van der Waals surface area (Å²) >= 11 is 3.44. The Morgan fingerprint density at radius 2 is 1.57 bits per heavy atom. The van der Waals surface area contributed by atoms with Crippen LogP contribution in [0.4, 0.5) is 5.69 Å². The van der Waals surface area contributed by atoms with Crippen molar-refractivity contribution >= 4 is 37.5 Å². The molecule has 5 nitrogen and oxygen atoms in total. The Kier molecular flexibility index (Phi) is 6.75. The van der Waals surface area contributed by atoms with Crippen molar-refractivity contribution in [3.05, 3.63) is 93.5 Å². The average Bonchev–Trinajstić information content (AvgIpc) is 2.71. The summed E-state index contributed by atoms with van der Waals surface area (Å²) in [6.45, 7) is 5.59. The van der Waals surface area contributed by atoms with E-state index in [-0.39, 0.29) is 16.4 Å². The number of carbonyl (C=O) groups is 1. The minimum absolute atomic E-state index is 0.0437. The average molecular weight is 487 g/mol. The van der Waals surface area contributed by atoms with Gasteiger partial charge in [-0.3, -0.25) is 4.79 Å². The molecule has 30 heavy (non-hydrogen) atoms. The quantitative estimate of drug-likeness (QED) is 0.492. The fourth-order valence-electron chi connectivity index (χ4n) is 3.21. The zero-order valence-corrected chi connectivity index (χ0v) is 19.3. The molecule has 7 heteroatoms. The molecule has 3 rings (SSSR count). The van der Waals surface area contributed by atoms with Gasteiger partial charge in [-0.25, -0.2) is 13.1 Å². The fraction of sp³-hybridized carbons (Fsp3) is 0.174. The van der Waals surface area contributed by atoms with Gasteiger partial charge in [0.2, 0.25) is 10.0 Å². The van der Waals surface area contributed by atoms with Gasteiger partial charge in [-0.2, -0.15) is 0 Å². The van der Waals surface area contributed by atoms with Crippen LogP contribution in [0.15, 0.2) is 76.1 Å². The van der Waals surface area contributed by atoms with Crippen molar-refractivity contribution in [2.45, 2.75) is 31.7 Å². The number of hydrogen-bond donors (Lipinski definition) is 2. The maximum atomic E-state index is 12.8. The SMILES string of the molecule is Cc1cc(Br)cc(C)c1NC(=O)c1cccc(S(=O)(=O)NC(C)c2ccccc2)c1. The van der Waals surface area contributed by atoms with Crippen LogP contribution < -0.4 is 10.0 Å². The molecule has 0 fully saturated rings. The van der Waals surface area contributed by atoms with Crippen molar-refractivity contribution in [3.63, 3.8) is 0 Å². The molecule has 0 aliphatic rings. The van der Waals surface area contributed by atoms with E-state index in [2.05, 4.69) is 26.0 Å². The van der Waals surface area contributed by atoms with E-state index >= 15 is 0 Å². The van der Waals surface area contributed by atoms with Crippen LogP contribution in [0.3, 0.4) is 0 Å². The smallest absolute Gasteiger partial charge is 0.255 e. The van der Waals surface area contributed by atoms with Crippen molar-refractivity contribution in [2.24, 2.45) is 0 Å². The Hall–Kier alpha value is -2.48. The summed E-state index contributed by atoms with van der Waals surface area (Å²) in [5.74, 6) is -0.364. The molecular weight excluding hydrogens is 464 g/mol. The van der Waals surface area contributed by atoms with Crippen LogP contribution in [0.25, 0.3) is 0 Å². The summed E-state index contributed by atoms with van der Waals surface area (Å²) in [6, 6.07) is 18.8. The second-order valence-corrected chi connectivity index (χ2v) is 9.78. The maximum Gasteiger partial charge on any atom is 0.255 e. The van der Waals surface area contributed by atoms with Crippen molar-refractivity contribution in [2.75, 3.05) is 5.32 Å². The lowest BCUT2D eigenvalue weighted by Gasteiger charge is -2.16. The summed E-state index contributed by atoms with van der Waals surface area (Å²) in [4.78, 5) is 12.8. The van der Waals surface area contributed by atoms with Crippen LogP contribution in [0, 0.1) is 13.8 Å². The first-order chi connectivity index (χ1) is 14.2. The third-order valence-corrected chi connectivity index (χ3v) is 6.77. The molecule has 0 aliphatic carbocycles. The second-order valence-electron chi connectivity index (χ2n) is 7.15. The van der Waals surface area contributed by atoms with E-state index in [1.807, 2.05) is 56.3 Å². The van der Waals surface area contributed by atoms with Crippen LogP contribution >= 0.6 is 15.9 Å². The van der Waals surface area contributed by atoms with Crippen LogP contribution in [-0.2, 0) is 10.0 Å². The molecule has 0 saturated heterocycles. The van der Waals surface area contributed by atoms with Gasteiger partial charge in [0.15, 0.2) is 0 Å². The maximum absolute atomic E-state index is 12.8. The highest BCUT2D eigenvalue weighted by Gasteiger charge is 2.20. The van der Waals surface area contributed by atoms with Gasteiger partial charge in [-0.05, 0) is 67.8 Å². The molecule has 0 aromatic heterocycles. The van der Waals surface area contributed by atoms with E-state index in [1.165, 1.54) is 12.1 Å². The van der Waals surface area contributed by atoms with Crippen molar-refractivity contribution in [3.8, 4) is 0 Å². The molecular formula is C23H23BrN2O3S. The zero-order valence-electron chi connectivity index (χ0n) is 16.9. The van der Waals surface area contributed by atoms with Gasteiger partial charge < -0.3 is 5.32 Å². The first kappa shape index (κ1) is 22.2. The number of benzene rings is 3. The van der Waals surface area contributed by atoms with Gasteiger partial charge in [-0.1, -0.05) is 52.3 Å². The van der Waals surface area contributed by atoms with E-state index in [0.29, 0.717) is 5.69 Å². The molecule has 0 radical (unpaired) electrons. The summed E-state index contributed by atoms with van der Waals surface area (Å²) in [6.07, 6.45) is 0. The number of rotatable bonds is 6. The van der Waals surface area contributed by atoms with E-state index in [9.17, 15) is 13.2 Å². The Balaban J connectivity index is 1.82. The number of carbonyl (C=O) groups excluding carboxylic acids is 1. The molecule has 0 saturated carbocycles. The third kappa shape index (κ3) is 5.16. The largest absolute Gasteiger partial charge is 0.322 e. The highest BCUT2D eigenvalue weighted by atomic mass is 79.9. The number of amides is 1. The zero-order chi connectivity index (χ0) is 21.9. The van der Waals surface area contributed by atoms with Crippen LogP contribution in [0.1, 0.15) is 40.0 Å². The molecule has 1 amide bonds. The molecule has 1 unspecified atom stereocenters. The van der Waals surface area contributed by atoms with Crippen molar-refractivity contribution in [1.29, 1.82) is 0 Å². The Morgan fingerprint density at radius 1 is 0.933 bits per heavy atom. The minimum atomic E-state index is -3.79. The predicted molar refractivity (Wildman–Crippen MR) is 123 cm³/mol. The highest BCUT2D eigenvalue weighted by molar-refractivity contribution is 9.10. The van der Waals surface area contributed by atoms with Gasteiger partial charge in [-0.15, -0.1) is 0 Å². The Bertz CT molecular complexity index is 1160. The molecule has 0 aliphatic heterocycles. The van der Waals surface area contributed by atoms with Gasteiger partial charge in [0.25, 0.3) is 5.91 Å². The number of nitrogens with one attached hydrogen (secondary N) is 2. The number of anilines is 1. The van der Waals surface area contributed by atoms with Gasteiger partial charge in [0, 0.05) is 21.8 Å². The van der Waals surface area contributed by atoms with Crippen molar-refractivity contribution < 1.29 is 13.2 Å². The Labute approximate surface area is 185 Å². The first-order valence-corrected chi connectivity index (χ1v) is 11.7. The lowest BCUT2D eigenvalue weighted by Crippen LogP contribution is -2.27. The molecule has 0 bridgehead atoms. The van der Waals surface area contributed by atoms with E-state index in [4.69, 9.17) is 0 Å². The monoisotopic (exact) mass is 486 g/mol. The third-order valence-electron chi connectivity index (χ3n) is 4.77. The normalized spacial score (nSPS) is 12.4. The fourth-order valence-corrected chi connectivity index (χ4v) is 5.17. The van der Waals surface area contributed by atoms with Gasteiger partial charge in [0.1, 0.15) is 0 Å². The first-order valence-electron chi connectivity index (χ1n) is 9.43. The molecule has 3 aromatic carbocycles. The van der Waals surface area contributed by atoms with E-state index in [0.717, 1.165) is 21.2 Å². The number of aryl methyl sites for hydroxylation is 2. The summed E-state index contributed by atoms with van der Waals surface area (Å²) in [5, 5.41) is 2.89. The lowest BCUT2D eigenvalue weighted by atomic mass is 10.1. The van der Waals surface area contributed by atoms with Gasteiger partial charge >= 0.3 is 0 Å². The summed E-state index contributed by atoms with van der Waals surface area (Å²) in [7, 11) is -3.79. The van der Waals surface area contributed by atoms with E-state index < -0.39 is 16.1 Å². The molecule has 156 valence electrons. The standard InChI is InChI=1S/C23H23BrN2O3S/c1-15-12-20(24)13-16(2)22(15)25-23(27)19-10-7-11-21(14-19)30(28,29)26-17(3)18-8-5-4-6-9-18/h4-14,17,26H,1-3H3,(H,25,27). The minimum Gasteiger partial charge on any atom is -0.322 e. The second kappa shape index (κ2) is 9.12. The van der Waals surface area contributed by atoms with Crippen LogP contribution in [0.2, 0.25) is 0 Å². The van der Waals surface area contributed by atoms with E-state index in [1.54, 1.807) is 19.1 Å². The predicted octanol–water partition coefficient (Wildman–Crippen LogP) is 5.36. The lowest BCUT2D eigenvalue weighted by molar-refractivity contribution is 0.102. The number of halogens is 1. The highest BCUT2D eigenvalue weighted by Crippen LogP contribution is 2.26. The number of hydrogen-bond acceptors (Lipinski definition) is 3. The summed E-state index contributed by atoms with van der Waals surface area (Å²) in [5.41, 5.74) is 3.67. The molecule has 3 aromatic rings. The number of sulfonamides is 1. The molecule has 2 N–H and O–H groups in total. The molecule has 0 heterocycles. The van der Waals surface area contributed by atoms with Crippen LogP contribution in [-0.4, -0.2) is 14.3 Å². The topological polar surface area (TPSA) is 75.3 Å². The van der Waals surface area contributed by atoms with Crippen molar-refractivity contribution in [1.82, 2.24) is 4.72 Å². The molecule has 1 atom stereocenters. The summed E-state index contributed by atoms with van der Waals surface area (Å²) < 4.78 is 29.3.